The van der Waals surface area contributed by atoms with Crippen molar-refractivity contribution < 1.29 is 27.5 Å². The SMILES string of the molecule is CC(C)(C)OC(=O)CC(CCN=[N+]=[N-])NC(=O)c1cc(-c2ccccc2C(F)(F)F)n(C2CCCC2)n1. The van der Waals surface area contributed by atoms with E-state index < -0.39 is 35.3 Å². The molecule has 12 heteroatoms. The number of ether oxygens (including phenoxy) is 1. The molecule has 1 heterocycles. The summed E-state index contributed by atoms with van der Waals surface area (Å²) < 4.78 is 48.2. The van der Waals surface area contributed by atoms with Gasteiger partial charge in [0.05, 0.1) is 23.7 Å². The number of azide groups is 1. The van der Waals surface area contributed by atoms with Crippen molar-refractivity contribution in [3.8, 4) is 11.3 Å². The zero-order valence-corrected chi connectivity index (χ0v) is 21.1. The highest BCUT2D eigenvalue weighted by atomic mass is 19.4. The molecule has 0 saturated heterocycles. The molecule has 1 fully saturated rings. The first-order valence-corrected chi connectivity index (χ1v) is 12.2. The molecule has 1 amide bonds. The normalized spacial score (nSPS) is 15.2. The molecule has 3 rings (SSSR count). The molecular formula is C25H31F3N6O3. The topological polar surface area (TPSA) is 122 Å². The molecule has 1 atom stereocenters. The van der Waals surface area contributed by atoms with E-state index in [0.29, 0.717) is 0 Å². The Balaban J connectivity index is 1.92. The van der Waals surface area contributed by atoms with Crippen molar-refractivity contribution >= 4 is 11.9 Å². The average molecular weight is 521 g/mol. The Bertz CT molecular complexity index is 1160. The van der Waals surface area contributed by atoms with Crippen LogP contribution in [0.15, 0.2) is 35.4 Å². The fourth-order valence-electron chi connectivity index (χ4n) is 4.41. The van der Waals surface area contributed by atoms with E-state index in [9.17, 15) is 22.8 Å². The second-order valence-electron chi connectivity index (χ2n) is 10.0. The van der Waals surface area contributed by atoms with Gasteiger partial charge in [-0.3, -0.25) is 14.3 Å². The Morgan fingerprint density at radius 3 is 2.54 bits per heavy atom. The van der Waals surface area contributed by atoms with E-state index in [1.54, 1.807) is 20.8 Å². The molecule has 2 aromatic rings. The molecule has 9 nitrogen and oxygen atoms in total. The summed E-state index contributed by atoms with van der Waals surface area (Å²) in [6.45, 7) is 5.18. The zero-order valence-electron chi connectivity index (χ0n) is 21.1. The third-order valence-corrected chi connectivity index (χ3v) is 5.96. The highest BCUT2D eigenvalue weighted by molar-refractivity contribution is 5.94. The Kier molecular flexibility index (Phi) is 8.85. The Labute approximate surface area is 213 Å². The molecule has 1 saturated carbocycles. The van der Waals surface area contributed by atoms with Crippen LogP contribution in [0.4, 0.5) is 13.2 Å². The van der Waals surface area contributed by atoms with Gasteiger partial charge in [0.2, 0.25) is 0 Å². The van der Waals surface area contributed by atoms with Crippen LogP contribution in [0.25, 0.3) is 21.7 Å². The highest BCUT2D eigenvalue weighted by Gasteiger charge is 2.35. The minimum absolute atomic E-state index is 0.0327. The van der Waals surface area contributed by atoms with Crippen LogP contribution in [0.5, 0.6) is 0 Å². The van der Waals surface area contributed by atoms with Gasteiger partial charge in [-0.1, -0.05) is 36.2 Å². The van der Waals surface area contributed by atoms with E-state index in [1.165, 1.54) is 28.9 Å². The predicted molar refractivity (Wildman–Crippen MR) is 131 cm³/mol. The van der Waals surface area contributed by atoms with Crippen molar-refractivity contribution in [1.29, 1.82) is 0 Å². The number of nitrogens with one attached hydrogen (secondary N) is 1. The van der Waals surface area contributed by atoms with E-state index in [-0.39, 0.29) is 42.4 Å². The molecule has 200 valence electrons. The van der Waals surface area contributed by atoms with E-state index in [0.717, 1.165) is 31.7 Å². The minimum Gasteiger partial charge on any atom is -0.460 e. The number of rotatable bonds is 9. The minimum atomic E-state index is -4.58. The van der Waals surface area contributed by atoms with Gasteiger partial charge in [0.25, 0.3) is 5.91 Å². The van der Waals surface area contributed by atoms with Crippen LogP contribution in [-0.4, -0.2) is 39.8 Å². The smallest absolute Gasteiger partial charge is 0.417 e. The van der Waals surface area contributed by atoms with Crippen molar-refractivity contribution in [3.05, 3.63) is 52.0 Å². The third kappa shape index (κ3) is 7.72. The number of aromatic nitrogens is 2. The summed E-state index contributed by atoms with van der Waals surface area (Å²) >= 11 is 0. The van der Waals surface area contributed by atoms with Crippen molar-refractivity contribution in [2.75, 3.05) is 6.54 Å². The van der Waals surface area contributed by atoms with Crippen molar-refractivity contribution in [1.82, 2.24) is 15.1 Å². The van der Waals surface area contributed by atoms with Crippen molar-refractivity contribution in [3.63, 3.8) is 0 Å². The summed E-state index contributed by atoms with van der Waals surface area (Å²) in [6.07, 6.45) is -1.24. The van der Waals surface area contributed by atoms with Crippen LogP contribution in [0.2, 0.25) is 0 Å². The van der Waals surface area contributed by atoms with Gasteiger partial charge in [-0.2, -0.15) is 18.3 Å². The highest BCUT2D eigenvalue weighted by Crippen LogP contribution is 2.40. The summed E-state index contributed by atoms with van der Waals surface area (Å²) in [5, 5.41) is 10.6. The molecule has 37 heavy (non-hydrogen) atoms. The maximum Gasteiger partial charge on any atom is 0.417 e. The number of esters is 1. The van der Waals surface area contributed by atoms with Crippen LogP contribution in [0, 0.1) is 0 Å². The average Bonchev–Trinajstić information content (AvgIpc) is 3.47. The molecule has 1 N–H and O–H groups in total. The van der Waals surface area contributed by atoms with Crippen LogP contribution < -0.4 is 5.32 Å². The van der Waals surface area contributed by atoms with Gasteiger partial charge in [0.15, 0.2) is 5.69 Å². The molecule has 1 aliphatic rings. The molecule has 0 aliphatic heterocycles. The summed E-state index contributed by atoms with van der Waals surface area (Å²) in [6, 6.07) is 5.72. The number of halogens is 3. The summed E-state index contributed by atoms with van der Waals surface area (Å²) in [5.41, 5.74) is 7.15. The van der Waals surface area contributed by atoms with E-state index in [1.807, 2.05) is 0 Å². The first kappa shape index (κ1) is 28.0. The summed E-state index contributed by atoms with van der Waals surface area (Å²) in [7, 11) is 0. The lowest BCUT2D eigenvalue weighted by molar-refractivity contribution is -0.155. The van der Waals surface area contributed by atoms with Gasteiger partial charge in [-0.25, -0.2) is 0 Å². The Morgan fingerprint density at radius 2 is 1.92 bits per heavy atom. The van der Waals surface area contributed by atoms with Gasteiger partial charge >= 0.3 is 12.1 Å². The molecular weight excluding hydrogens is 489 g/mol. The largest absolute Gasteiger partial charge is 0.460 e. The van der Waals surface area contributed by atoms with Crippen molar-refractivity contribution in [2.45, 2.75) is 83.2 Å². The van der Waals surface area contributed by atoms with Crippen LogP contribution in [-0.2, 0) is 15.7 Å². The van der Waals surface area contributed by atoms with Gasteiger partial charge < -0.3 is 10.1 Å². The van der Waals surface area contributed by atoms with Crippen LogP contribution >= 0.6 is 0 Å². The molecule has 1 unspecified atom stereocenters. The summed E-state index contributed by atoms with van der Waals surface area (Å²) in [5.74, 6) is -1.19. The number of nitrogens with zero attached hydrogens (tertiary/aromatic N) is 5. The van der Waals surface area contributed by atoms with E-state index in [4.69, 9.17) is 10.3 Å². The zero-order chi connectivity index (χ0) is 27.2. The second kappa shape index (κ2) is 11.7. The molecule has 0 spiro atoms. The van der Waals surface area contributed by atoms with Gasteiger partial charge in [0, 0.05) is 23.1 Å². The lowest BCUT2D eigenvalue weighted by atomic mass is 10.0. The van der Waals surface area contributed by atoms with E-state index >= 15 is 0 Å². The Hall–Kier alpha value is -3.53. The number of benzene rings is 1. The molecule has 0 radical (unpaired) electrons. The quantitative estimate of drug-likeness (QED) is 0.183. The van der Waals surface area contributed by atoms with Gasteiger partial charge in [0.1, 0.15) is 5.60 Å². The monoisotopic (exact) mass is 520 g/mol. The molecule has 0 bridgehead atoms. The predicted octanol–water partition coefficient (Wildman–Crippen LogP) is 6.21. The van der Waals surface area contributed by atoms with Gasteiger partial charge in [-0.05, 0) is 57.7 Å². The van der Waals surface area contributed by atoms with Crippen LogP contribution in [0.1, 0.15) is 81.4 Å². The lowest BCUT2D eigenvalue weighted by Crippen LogP contribution is -2.38. The second-order valence-corrected chi connectivity index (χ2v) is 10.0. The third-order valence-electron chi connectivity index (χ3n) is 5.96. The molecule has 1 aliphatic carbocycles. The maximum atomic E-state index is 13.8. The number of carbonyl (C=O) groups excluding carboxylic acids is 2. The fraction of sp³-hybridized carbons (Fsp3) is 0.560. The number of carbonyl (C=O) groups is 2. The standard InChI is InChI=1S/C25H31F3N6O3/c1-24(2,3)37-22(35)14-16(12-13-30-33-29)31-23(36)20-15-21(34(32-20)17-8-4-5-9-17)18-10-6-7-11-19(18)25(26,27)28/h6-7,10-11,15-17H,4-5,8-9,12-14H2,1-3H3,(H,31,36). The number of hydrogen-bond donors (Lipinski definition) is 1. The van der Waals surface area contributed by atoms with E-state index in [2.05, 4.69) is 20.4 Å². The Morgan fingerprint density at radius 1 is 1.24 bits per heavy atom. The molecule has 1 aromatic carbocycles. The number of alkyl halides is 3. The van der Waals surface area contributed by atoms with Gasteiger partial charge in [-0.15, -0.1) is 0 Å². The molecule has 1 aromatic heterocycles. The number of hydrogen-bond acceptors (Lipinski definition) is 5. The van der Waals surface area contributed by atoms with Crippen LogP contribution in [0.3, 0.4) is 0 Å². The lowest BCUT2D eigenvalue weighted by Gasteiger charge is -2.22. The first-order chi connectivity index (χ1) is 17.4. The fourth-order valence-corrected chi connectivity index (χ4v) is 4.41. The first-order valence-electron chi connectivity index (χ1n) is 12.2. The summed E-state index contributed by atoms with van der Waals surface area (Å²) in [4.78, 5) is 28.2. The maximum absolute atomic E-state index is 13.8. The number of amides is 1. The van der Waals surface area contributed by atoms with Crippen molar-refractivity contribution in [2.24, 2.45) is 5.11 Å².